The van der Waals surface area contributed by atoms with E-state index in [1.54, 1.807) is 0 Å². The third-order valence-corrected chi connectivity index (χ3v) is 5.24. The molecule has 2 aliphatic rings. The highest BCUT2D eigenvalue weighted by atomic mass is 16.6. The highest BCUT2D eigenvalue weighted by Crippen LogP contribution is 2.49. The molecule has 1 N–H and O–H groups in total. The predicted molar refractivity (Wildman–Crippen MR) is 96.2 cm³/mol. The number of amides is 1. The van der Waals surface area contributed by atoms with E-state index in [1.165, 1.54) is 5.56 Å². The summed E-state index contributed by atoms with van der Waals surface area (Å²) in [6.45, 7) is 3.92. The van der Waals surface area contributed by atoms with E-state index in [-0.39, 0.29) is 11.3 Å². The van der Waals surface area contributed by atoms with E-state index < -0.39 is 0 Å². The van der Waals surface area contributed by atoms with Crippen LogP contribution in [0.3, 0.4) is 0 Å². The molecule has 1 saturated carbocycles. The number of carbonyl (C=O) groups excluding carboxylic acids is 1. The van der Waals surface area contributed by atoms with E-state index in [0.717, 1.165) is 35.5 Å². The Kier molecular flexibility index (Phi) is 4.12. The monoisotopic (exact) mass is 337 g/mol. The van der Waals surface area contributed by atoms with Crippen molar-refractivity contribution in [3.63, 3.8) is 0 Å². The average Bonchev–Trinajstić information content (AvgIpc) is 3.43. The van der Waals surface area contributed by atoms with Crippen molar-refractivity contribution in [2.24, 2.45) is 0 Å². The van der Waals surface area contributed by atoms with Crippen molar-refractivity contribution in [2.45, 2.75) is 31.6 Å². The lowest BCUT2D eigenvalue weighted by molar-refractivity contribution is -0.120. The minimum Gasteiger partial charge on any atom is -0.486 e. The molecule has 1 amide bonds. The zero-order chi connectivity index (χ0) is 17.3. The molecule has 0 saturated heterocycles. The molecular weight excluding hydrogens is 314 g/mol. The molecule has 1 fully saturated rings. The molecule has 4 rings (SSSR count). The van der Waals surface area contributed by atoms with Crippen LogP contribution in [0.4, 0.5) is 0 Å². The number of hydrogen-bond acceptors (Lipinski definition) is 3. The van der Waals surface area contributed by atoms with Gasteiger partial charge in [0.05, 0.1) is 6.42 Å². The summed E-state index contributed by atoms with van der Waals surface area (Å²) in [5.41, 5.74) is 3.53. The van der Waals surface area contributed by atoms with Gasteiger partial charge in [-0.3, -0.25) is 4.79 Å². The van der Waals surface area contributed by atoms with Crippen molar-refractivity contribution in [2.75, 3.05) is 19.8 Å². The Labute approximate surface area is 148 Å². The second kappa shape index (κ2) is 6.43. The molecular formula is C21H23NO3. The van der Waals surface area contributed by atoms with Gasteiger partial charge in [0.2, 0.25) is 5.91 Å². The average molecular weight is 337 g/mol. The van der Waals surface area contributed by atoms with Gasteiger partial charge in [-0.05, 0) is 48.6 Å². The van der Waals surface area contributed by atoms with E-state index in [0.29, 0.717) is 26.2 Å². The van der Waals surface area contributed by atoms with Crippen LogP contribution in [-0.2, 0) is 16.6 Å². The van der Waals surface area contributed by atoms with E-state index in [2.05, 4.69) is 17.4 Å². The van der Waals surface area contributed by atoms with E-state index in [9.17, 15) is 4.79 Å². The zero-order valence-corrected chi connectivity index (χ0v) is 14.5. The predicted octanol–water partition coefficient (Wildman–Crippen LogP) is 3.16. The molecule has 4 heteroatoms. The number of carbonyl (C=O) groups is 1. The van der Waals surface area contributed by atoms with Crippen molar-refractivity contribution in [3.05, 3.63) is 59.2 Å². The lowest BCUT2D eigenvalue weighted by atomic mass is 9.95. The highest BCUT2D eigenvalue weighted by Gasteiger charge is 2.44. The molecule has 0 atom stereocenters. The summed E-state index contributed by atoms with van der Waals surface area (Å²) < 4.78 is 11.3. The Morgan fingerprint density at radius 2 is 1.84 bits per heavy atom. The van der Waals surface area contributed by atoms with Crippen molar-refractivity contribution < 1.29 is 14.3 Å². The fourth-order valence-corrected chi connectivity index (χ4v) is 3.40. The van der Waals surface area contributed by atoms with Gasteiger partial charge in [0.1, 0.15) is 13.2 Å². The minimum absolute atomic E-state index is 0.0528. The molecule has 25 heavy (non-hydrogen) atoms. The summed E-state index contributed by atoms with van der Waals surface area (Å²) in [6, 6.07) is 14.2. The Balaban J connectivity index is 1.41. The lowest BCUT2D eigenvalue weighted by Crippen LogP contribution is -2.33. The Hall–Kier alpha value is -2.49. The van der Waals surface area contributed by atoms with Crippen LogP contribution < -0.4 is 14.8 Å². The van der Waals surface area contributed by atoms with Gasteiger partial charge in [-0.25, -0.2) is 0 Å². The van der Waals surface area contributed by atoms with Gasteiger partial charge in [0, 0.05) is 12.0 Å². The van der Waals surface area contributed by atoms with Gasteiger partial charge in [-0.15, -0.1) is 0 Å². The van der Waals surface area contributed by atoms with Crippen LogP contribution in [0, 0.1) is 6.92 Å². The molecule has 130 valence electrons. The molecule has 0 aromatic heterocycles. The van der Waals surface area contributed by atoms with E-state index >= 15 is 0 Å². The van der Waals surface area contributed by atoms with Crippen LogP contribution in [0.5, 0.6) is 11.5 Å². The maximum Gasteiger partial charge on any atom is 0.224 e. The summed E-state index contributed by atoms with van der Waals surface area (Å²) in [5, 5.41) is 3.13. The second-order valence-corrected chi connectivity index (χ2v) is 7.02. The summed E-state index contributed by atoms with van der Waals surface area (Å²) in [5.74, 6) is 1.72. The fourth-order valence-electron chi connectivity index (χ4n) is 3.40. The molecule has 1 aliphatic heterocycles. The van der Waals surface area contributed by atoms with Crippen LogP contribution >= 0.6 is 0 Å². The number of ether oxygens (including phenoxy) is 2. The van der Waals surface area contributed by atoms with Gasteiger partial charge < -0.3 is 14.8 Å². The summed E-state index contributed by atoms with van der Waals surface area (Å²) in [6.07, 6.45) is 2.62. The van der Waals surface area contributed by atoms with Crippen molar-refractivity contribution >= 4 is 5.91 Å². The largest absolute Gasteiger partial charge is 0.486 e. The van der Waals surface area contributed by atoms with Gasteiger partial charge >= 0.3 is 0 Å². The summed E-state index contributed by atoms with van der Waals surface area (Å²) in [7, 11) is 0. The second-order valence-electron chi connectivity index (χ2n) is 7.02. The molecule has 0 bridgehead atoms. The van der Waals surface area contributed by atoms with E-state index in [1.807, 2.05) is 37.3 Å². The van der Waals surface area contributed by atoms with Gasteiger partial charge in [0.25, 0.3) is 0 Å². The maximum absolute atomic E-state index is 12.3. The van der Waals surface area contributed by atoms with Crippen molar-refractivity contribution in [1.29, 1.82) is 0 Å². The van der Waals surface area contributed by atoms with Gasteiger partial charge in [-0.2, -0.15) is 0 Å². The first-order valence-electron chi connectivity index (χ1n) is 8.88. The van der Waals surface area contributed by atoms with Crippen LogP contribution in [0.25, 0.3) is 0 Å². The summed E-state index contributed by atoms with van der Waals surface area (Å²) in [4.78, 5) is 12.3. The first kappa shape index (κ1) is 16.0. The number of nitrogens with one attached hydrogen (secondary N) is 1. The Morgan fingerprint density at radius 1 is 1.08 bits per heavy atom. The van der Waals surface area contributed by atoms with Gasteiger partial charge in [-0.1, -0.05) is 30.3 Å². The number of rotatable bonds is 5. The number of aryl methyl sites for hydroxylation is 1. The highest BCUT2D eigenvalue weighted by molar-refractivity contribution is 5.79. The molecule has 0 radical (unpaired) electrons. The van der Waals surface area contributed by atoms with Crippen LogP contribution in [0.1, 0.15) is 29.5 Å². The third-order valence-electron chi connectivity index (χ3n) is 5.24. The quantitative estimate of drug-likeness (QED) is 0.912. The van der Waals surface area contributed by atoms with Crippen molar-refractivity contribution in [1.82, 2.24) is 5.32 Å². The Bertz CT molecular complexity index is 795. The molecule has 2 aromatic carbocycles. The van der Waals surface area contributed by atoms with Crippen LogP contribution in [0.2, 0.25) is 0 Å². The lowest BCUT2D eigenvalue weighted by Gasteiger charge is -2.22. The van der Waals surface area contributed by atoms with Crippen molar-refractivity contribution in [3.8, 4) is 11.5 Å². The molecule has 1 aliphatic carbocycles. The Morgan fingerprint density at radius 3 is 2.60 bits per heavy atom. The first-order valence-corrected chi connectivity index (χ1v) is 8.88. The zero-order valence-electron chi connectivity index (χ0n) is 14.5. The van der Waals surface area contributed by atoms with Crippen LogP contribution in [0.15, 0.2) is 42.5 Å². The van der Waals surface area contributed by atoms with E-state index in [4.69, 9.17) is 9.47 Å². The standard InChI is InChI=1S/C21H23NO3/c1-15-4-2-3-5-16(15)12-20(23)22-14-21(8-9-21)17-6-7-18-19(13-17)25-11-10-24-18/h2-7,13H,8-12,14H2,1H3,(H,22,23). The van der Waals surface area contributed by atoms with Crippen LogP contribution in [-0.4, -0.2) is 25.7 Å². The normalized spacial score (nSPS) is 17.0. The fraction of sp³-hybridized carbons (Fsp3) is 0.381. The summed E-state index contributed by atoms with van der Waals surface area (Å²) >= 11 is 0. The molecule has 1 heterocycles. The SMILES string of the molecule is Cc1ccccc1CC(=O)NCC1(c2ccc3c(c2)OCCO3)CC1. The molecule has 2 aromatic rings. The number of benzene rings is 2. The first-order chi connectivity index (χ1) is 12.2. The molecule has 4 nitrogen and oxygen atoms in total. The molecule has 0 unspecified atom stereocenters. The number of hydrogen-bond donors (Lipinski definition) is 1. The smallest absolute Gasteiger partial charge is 0.224 e. The maximum atomic E-state index is 12.3. The third kappa shape index (κ3) is 3.34. The minimum atomic E-state index is 0.0528. The van der Waals surface area contributed by atoms with Gasteiger partial charge in [0.15, 0.2) is 11.5 Å². The number of fused-ring (bicyclic) bond motifs is 1. The molecule has 0 spiro atoms. The topological polar surface area (TPSA) is 47.6 Å².